The van der Waals surface area contributed by atoms with Gasteiger partial charge in [0.25, 0.3) is 5.91 Å². The third kappa shape index (κ3) is 1.61. The Hall–Kier alpha value is -2.42. The van der Waals surface area contributed by atoms with Crippen LogP contribution in [0.25, 0.3) is 0 Å². The quantitative estimate of drug-likeness (QED) is 0.769. The SMILES string of the molecule is CCC1(c2ccc(C#N)cc2F)NC(=O)NC1=O. The first-order valence-corrected chi connectivity index (χ1v) is 5.37. The van der Waals surface area contributed by atoms with E-state index >= 15 is 0 Å². The van der Waals surface area contributed by atoms with Gasteiger partial charge in [0.2, 0.25) is 0 Å². The first-order chi connectivity index (χ1) is 8.53. The predicted molar refractivity (Wildman–Crippen MR) is 59.8 cm³/mol. The van der Waals surface area contributed by atoms with E-state index in [-0.39, 0.29) is 17.5 Å². The average molecular weight is 247 g/mol. The Morgan fingerprint density at radius 2 is 2.17 bits per heavy atom. The molecule has 0 aromatic heterocycles. The van der Waals surface area contributed by atoms with Gasteiger partial charge in [0.1, 0.15) is 11.4 Å². The Morgan fingerprint density at radius 3 is 2.61 bits per heavy atom. The number of nitriles is 1. The summed E-state index contributed by atoms with van der Waals surface area (Å²) < 4.78 is 13.9. The molecule has 0 radical (unpaired) electrons. The molecule has 6 heteroatoms. The van der Waals surface area contributed by atoms with E-state index in [0.717, 1.165) is 6.07 Å². The molecule has 1 aliphatic heterocycles. The van der Waals surface area contributed by atoms with E-state index < -0.39 is 23.3 Å². The summed E-state index contributed by atoms with van der Waals surface area (Å²) in [6.07, 6.45) is 0.216. The maximum absolute atomic E-state index is 13.9. The Labute approximate surface area is 103 Å². The largest absolute Gasteiger partial charge is 0.322 e. The highest BCUT2D eigenvalue weighted by Crippen LogP contribution is 2.30. The molecule has 1 unspecified atom stereocenters. The van der Waals surface area contributed by atoms with Crippen LogP contribution in [0.1, 0.15) is 24.5 Å². The minimum atomic E-state index is -1.39. The number of rotatable bonds is 2. The molecule has 1 aromatic rings. The van der Waals surface area contributed by atoms with E-state index in [0.29, 0.717) is 0 Å². The lowest BCUT2D eigenvalue weighted by molar-refractivity contribution is -0.124. The second-order valence-electron chi connectivity index (χ2n) is 3.97. The van der Waals surface area contributed by atoms with Gasteiger partial charge in [-0.1, -0.05) is 13.0 Å². The fourth-order valence-electron chi connectivity index (χ4n) is 2.05. The highest BCUT2D eigenvalue weighted by molar-refractivity contribution is 6.07. The lowest BCUT2D eigenvalue weighted by Crippen LogP contribution is -2.43. The fraction of sp³-hybridized carbons (Fsp3) is 0.250. The second kappa shape index (κ2) is 4.11. The van der Waals surface area contributed by atoms with Gasteiger partial charge in [0, 0.05) is 5.56 Å². The molecule has 5 nitrogen and oxygen atoms in total. The van der Waals surface area contributed by atoms with Crippen LogP contribution in [0.5, 0.6) is 0 Å². The van der Waals surface area contributed by atoms with Crippen molar-refractivity contribution in [2.24, 2.45) is 0 Å². The van der Waals surface area contributed by atoms with E-state index in [9.17, 15) is 14.0 Å². The van der Waals surface area contributed by atoms with Crippen LogP contribution in [0.2, 0.25) is 0 Å². The third-order valence-electron chi connectivity index (χ3n) is 3.03. The zero-order chi connectivity index (χ0) is 13.3. The summed E-state index contributed by atoms with van der Waals surface area (Å²) in [5, 5.41) is 13.2. The molecule has 18 heavy (non-hydrogen) atoms. The zero-order valence-corrected chi connectivity index (χ0v) is 9.58. The van der Waals surface area contributed by atoms with E-state index in [4.69, 9.17) is 5.26 Å². The van der Waals surface area contributed by atoms with Crippen LogP contribution in [0.3, 0.4) is 0 Å². The number of imide groups is 1. The molecule has 1 heterocycles. The first-order valence-electron chi connectivity index (χ1n) is 5.37. The van der Waals surface area contributed by atoms with E-state index in [1.54, 1.807) is 6.92 Å². The van der Waals surface area contributed by atoms with Gasteiger partial charge < -0.3 is 5.32 Å². The average Bonchev–Trinajstić information content (AvgIpc) is 2.64. The highest BCUT2D eigenvalue weighted by atomic mass is 19.1. The van der Waals surface area contributed by atoms with E-state index in [2.05, 4.69) is 10.6 Å². The van der Waals surface area contributed by atoms with Crippen LogP contribution < -0.4 is 10.6 Å². The zero-order valence-electron chi connectivity index (χ0n) is 9.58. The molecule has 1 aromatic carbocycles. The molecule has 1 atom stereocenters. The van der Waals surface area contributed by atoms with Crippen molar-refractivity contribution in [1.29, 1.82) is 5.26 Å². The Kier molecular flexibility index (Phi) is 2.75. The van der Waals surface area contributed by atoms with Crippen LogP contribution in [-0.4, -0.2) is 11.9 Å². The van der Waals surface area contributed by atoms with Gasteiger partial charge in [-0.3, -0.25) is 10.1 Å². The molecule has 1 aliphatic rings. The number of carbonyl (C=O) groups is 2. The molecule has 0 saturated carbocycles. The molecule has 2 rings (SSSR count). The minimum absolute atomic E-state index is 0.0624. The van der Waals surface area contributed by atoms with Crippen LogP contribution in [-0.2, 0) is 10.3 Å². The van der Waals surface area contributed by atoms with Gasteiger partial charge in [-0.05, 0) is 18.6 Å². The topological polar surface area (TPSA) is 82.0 Å². The number of amides is 3. The molecular formula is C12H10FN3O2. The Bertz CT molecular complexity index is 579. The minimum Gasteiger partial charge on any atom is -0.319 e. The molecule has 3 amide bonds. The van der Waals surface area contributed by atoms with E-state index in [1.807, 2.05) is 6.07 Å². The van der Waals surface area contributed by atoms with E-state index in [1.165, 1.54) is 12.1 Å². The molecule has 0 spiro atoms. The highest BCUT2D eigenvalue weighted by Gasteiger charge is 2.47. The second-order valence-corrected chi connectivity index (χ2v) is 3.97. The summed E-state index contributed by atoms with van der Waals surface area (Å²) in [7, 11) is 0. The number of nitrogens with one attached hydrogen (secondary N) is 2. The standard InChI is InChI=1S/C12H10FN3O2/c1-2-12(10(17)15-11(18)16-12)8-4-3-7(6-14)5-9(8)13/h3-5H,2H2,1H3,(H2,15,16,17,18). The van der Waals surface area contributed by atoms with Gasteiger partial charge >= 0.3 is 6.03 Å². The van der Waals surface area contributed by atoms with Crippen molar-refractivity contribution in [2.45, 2.75) is 18.9 Å². The number of nitrogens with zero attached hydrogens (tertiary/aromatic N) is 1. The fourth-order valence-corrected chi connectivity index (χ4v) is 2.05. The summed E-state index contributed by atoms with van der Waals surface area (Å²) in [6.45, 7) is 1.67. The summed E-state index contributed by atoms with van der Waals surface area (Å²) in [4.78, 5) is 23.0. The Morgan fingerprint density at radius 1 is 1.44 bits per heavy atom. The molecule has 1 saturated heterocycles. The van der Waals surface area contributed by atoms with Gasteiger partial charge in [0.05, 0.1) is 11.6 Å². The molecule has 1 fully saturated rings. The third-order valence-corrected chi connectivity index (χ3v) is 3.03. The maximum atomic E-state index is 13.9. The van der Waals surface area contributed by atoms with Crippen LogP contribution in [0.15, 0.2) is 18.2 Å². The normalized spacial score (nSPS) is 22.3. The number of carbonyl (C=O) groups excluding carboxylic acids is 2. The van der Waals surface area contributed by atoms with Gasteiger partial charge in [-0.2, -0.15) is 5.26 Å². The summed E-state index contributed by atoms with van der Waals surface area (Å²) in [5.41, 5.74) is -1.17. The number of halogens is 1. The predicted octanol–water partition coefficient (Wildman–Crippen LogP) is 1.14. The van der Waals surface area contributed by atoms with Crippen molar-refractivity contribution < 1.29 is 14.0 Å². The van der Waals surface area contributed by atoms with Gasteiger partial charge in [-0.15, -0.1) is 0 Å². The van der Waals surface area contributed by atoms with Crippen molar-refractivity contribution in [3.05, 3.63) is 35.1 Å². The van der Waals surface area contributed by atoms with Crippen LogP contribution >= 0.6 is 0 Å². The van der Waals surface area contributed by atoms with Crippen molar-refractivity contribution in [3.63, 3.8) is 0 Å². The Balaban J connectivity index is 2.56. The summed E-state index contributed by atoms with van der Waals surface area (Å²) >= 11 is 0. The van der Waals surface area contributed by atoms with Crippen LogP contribution in [0.4, 0.5) is 9.18 Å². The lowest BCUT2D eigenvalue weighted by Gasteiger charge is -2.25. The first kappa shape index (κ1) is 12.0. The van der Waals surface area contributed by atoms with Gasteiger partial charge in [-0.25, -0.2) is 9.18 Å². The van der Waals surface area contributed by atoms with Crippen molar-refractivity contribution in [3.8, 4) is 6.07 Å². The number of urea groups is 1. The van der Waals surface area contributed by atoms with Crippen molar-refractivity contribution >= 4 is 11.9 Å². The smallest absolute Gasteiger partial charge is 0.319 e. The summed E-state index contributed by atoms with van der Waals surface area (Å²) in [5.74, 6) is -1.27. The van der Waals surface area contributed by atoms with Crippen molar-refractivity contribution in [2.75, 3.05) is 0 Å². The number of benzene rings is 1. The molecule has 0 aliphatic carbocycles. The summed E-state index contributed by atoms with van der Waals surface area (Å²) in [6, 6.07) is 4.97. The van der Waals surface area contributed by atoms with Gasteiger partial charge in [0.15, 0.2) is 0 Å². The lowest BCUT2D eigenvalue weighted by atomic mass is 9.86. The van der Waals surface area contributed by atoms with Crippen LogP contribution in [0, 0.1) is 17.1 Å². The monoisotopic (exact) mass is 247 g/mol. The number of hydrogen-bond donors (Lipinski definition) is 2. The van der Waals surface area contributed by atoms with Crippen molar-refractivity contribution in [1.82, 2.24) is 10.6 Å². The maximum Gasteiger partial charge on any atom is 0.322 e. The number of hydrogen-bond acceptors (Lipinski definition) is 3. The molecule has 92 valence electrons. The molecular weight excluding hydrogens is 237 g/mol. The molecule has 2 N–H and O–H groups in total. The molecule has 0 bridgehead atoms.